The topological polar surface area (TPSA) is 113 Å². The molecule has 0 aliphatic carbocycles. The molecule has 2 aromatic rings. The molecule has 0 bridgehead atoms. The fraction of sp³-hybridized carbons (Fsp3) is 0.333. The van der Waals surface area contributed by atoms with Crippen LogP contribution in [0.5, 0.6) is 0 Å². The molecule has 0 amide bonds. The Kier molecular flexibility index (Phi) is 7.07. The van der Waals surface area contributed by atoms with Gasteiger partial charge >= 0.3 is 11.9 Å². The van der Waals surface area contributed by atoms with Crippen molar-refractivity contribution >= 4 is 44.9 Å². The lowest BCUT2D eigenvalue weighted by Gasteiger charge is -2.33. The van der Waals surface area contributed by atoms with Crippen molar-refractivity contribution < 1.29 is 27.9 Å². The van der Waals surface area contributed by atoms with Gasteiger partial charge in [0.15, 0.2) is 0 Å². The Morgan fingerprint density at radius 3 is 2.58 bits per heavy atom. The summed E-state index contributed by atoms with van der Waals surface area (Å²) in [5, 5.41) is 10.0. The Labute approximate surface area is 185 Å². The van der Waals surface area contributed by atoms with E-state index in [4.69, 9.17) is 16.3 Å². The highest BCUT2D eigenvalue weighted by Crippen LogP contribution is 2.29. The van der Waals surface area contributed by atoms with E-state index in [9.17, 15) is 23.1 Å². The molecule has 1 fully saturated rings. The van der Waals surface area contributed by atoms with E-state index in [-0.39, 0.29) is 28.0 Å². The van der Waals surface area contributed by atoms with Crippen LogP contribution in [0.1, 0.15) is 30.1 Å². The Bertz CT molecular complexity index is 1070. The summed E-state index contributed by atoms with van der Waals surface area (Å²) in [6.07, 6.45) is 1.47. The number of carboxylic acid groups (broad SMARTS) is 1. The highest BCUT2D eigenvalue weighted by molar-refractivity contribution is 7.92. The van der Waals surface area contributed by atoms with Gasteiger partial charge in [0, 0.05) is 23.8 Å². The number of carbonyl (C=O) groups is 2. The molecule has 0 spiro atoms. The van der Waals surface area contributed by atoms with Gasteiger partial charge in [-0.05, 0) is 62.2 Å². The lowest BCUT2D eigenvalue weighted by atomic mass is 9.97. The Morgan fingerprint density at radius 2 is 1.94 bits per heavy atom. The quantitative estimate of drug-likeness (QED) is 0.599. The largest absolute Gasteiger partial charge is 0.478 e. The molecule has 10 heteroatoms. The molecule has 1 saturated heterocycles. The number of ether oxygens (including phenoxy) is 1. The van der Waals surface area contributed by atoms with Crippen LogP contribution < -0.4 is 9.62 Å². The number of carboxylic acids is 1. The maximum Gasteiger partial charge on any atom is 0.337 e. The fourth-order valence-corrected chi connectivity index (χ4v) is 4.68. The molecule has 0 unspecified atom stereocenters. The van der Waals surface area contributed by atoms with Gasteiger partial charge in [-0.2, -0.15) is 0 Å². The summed E-state index contributed by atoms with van der Waals surface area (Å²) in [6, 6.07) is 10.0. The van der Waals surface area contributed by atoms with Crippen LogP contribution in [0.4, 0.5) is 11.4 Å². The van der Waals surface area contributed by atoms with Gasteiger partial charge in [0.1, 0.15) is 0 Å². The average molecular weight is 467 g/mol. The number of sulfonamides is 1. The number of halogens is 1. The molecule has 0 radical (unpaired) electrons. The molecule has 2 aromatic carbocycles. The first-order valence-electron chi connectivity index (χ1n) is 9.78. The molecule has 1 atom stereocenters. The van der Waals surface area contributed by atoms with Crippen molar-refractivity contribution in [3.05, 3.63) is 53.1 Å². The zero-order valence-corrected chi connectivity index (χ0v) is 18.4. The number of anilines is 2. The van der Waals surface area contributed by atoms with Crippen LogP contribution in [-0.2, 0) is 19.6 Å². The maximum absolute atomic E-state index is 12.6. The van der Waals surface area contributed by atoms with Gasteiger partial charge in [0.25, 0.3) is 10.0 Å². The normalized spacial score (nSPS) is 16.6. The van der Waals surface area contributed by atoms with Crippen molar-refractivity contribution in [3.63, 3.8) is 0 Å². The summed E-state index contributed by atoms with van der Waals surface area (Å²) in [5.74, 6) is -1.82. The van der Waals surface area contributed by atoms with Crippen LogP contribution in [0.2, 0.25) is 5.02 Å². The van der Waals surface area contributed by atoms with E-state index in [1.807, 2.05) is 4.90 Å². The third-order valence-corrected chi connectivity index (χ3v) is 6.64. The van der Waals surface area contributed by atoms with Gasteiger partial charge in [-0.15, -0.1) is 0 Å². The fourth-order valence-electron chi connectivity index (χ4n) is 3.48. The molecule has 0 saturated carbocycles. The van der Waals surface area contributed by atoms with Crippen molar-refractivity contribution in [1.29, 1.82) is 0 Å². The minimum Gasteiger partial charge on any atom is -0.478 e. The van der Waals surface area contributed by atoms with Crippen molar-refractivity contribution in [2.75, 3.05) is 29.3 Å². The number of nitrogens with zero attached hydrogens (tertiary/aromatic N) is 1. The number of hydrogen-bond acceptors (Lipinski definition) is 6. The first-order chi connectivity index (χ1) is 14.7. The number of esters is 1. The van der Waals surface area contributed by atoms with Crippen LogP contribution in [0.15, 0.2) is 47.4 Å². The van der Waals surface area contributed by atoms with E-state index in [2.05, 4.69) is 4.72 Å². The third-order valence-electron chi connectivity index (χ3n) is 5.01. The second kappa shape index (κ2) is 9.57. The molecule has 1 aliphatic heterocycles. The number of hydrogen-bond donors (Lipinski definition) is 2. The maximum atomic E-state index is 12.6. The lowest BCUT2D eigenvalue weighted by Crippen LogP contribution is -2.39. The van der Waals surface area contributed by atoms with Crippen molar-refractivity contribution in [2.45, 2.75) is 24.7 Å². The summed E-state index contributed by atoms with van der Waals surface area (Å²) < 4.78 is 32.7. The highest BCUT2D eigenvalue weighted by Gasteiger charge is 2.28. The SMILES string of the molecule is CCOC(=O)[C@@H]1CCCN(c2ccc(NS(=O)(=O)c3ccc(Cl)cc3)c(C(=O)O)c2)C1. The van der Waals surface area contributed by atoms with E-state index in [1.165, 1.54) is 36.4 Å². The molecule has 0 aromatic heterocycles. The first kappa shape index (κ1) is 22.9. The molecule has 1 heterocycles. The zero-order valence-electron chi connectivity index (χ0n) is 16.9. The van der Waals surface area contributed by atoms with Crippen LogP contribution in [-0.4, -0.2) is 45.2 Å². The number of carbonyl (C=O) groups excluding carboxylic acids is 1. The van der Waals surface area contributed by atoms with Gasteiger partial charge in [0.05, 0.1) is 28.7 Å². The molecule has 3 rings (SSSR count). The number of benzene rings is 2. The van der Waals surface area contributed by atoms with Gasteiger partial charge < -0.3 is 14.7 Å². The lowest BCUT2D eigenvalue weighted by molar-refractivity contribution is -0.148. The molecule has 166 valence electrons. The van der Waals surface area contributed by atoms with Gasteiger partial charge in [0.2, 0.25) is 0 Å². The van der Waals surface area contributed by atoms with Crippen molar-refractivity contribution in [3.8, 4) is 0 Å². The standard InChI is InChI=1S/C21H23ClN2O6S/c1-2-30-21(27)14-4-3-11-24(13-14)16-7-10-19(18(12-16)20(25)26)23-31(28,29)17-8-5-15(22)6-9-17/h5-10,12,14,23H,2-4,11,13H2,1H3,(H,25,26)/t14-/m1/s1. The number of rotatable bonds is 7. The summed E-state index contributed by atoms with van der Waals surface area (Å²) in [4.78, 5) is 25.8. The highest BCUT2D eigenvalue weighted by atomic mass is 35.5. The third kappa shape index (κ3) is 5.48. The van der Waals surface area contributed by atoms with Crippen LogP contribution in [0, 0.1) is 5.92 Å². The summed E-state index contributed by atoms with van der Waals surface area (Å²) >= 11 is 5.80. The van der Waals surface area contributed by atoms with Crippen molar-refractivity contribution in [2.24, 2.45) is 5.92 Å². The predicted molar refractivity (Wildman–Crippen MR) is 117 cm³/mol. The van der Waals surface area contributed by atoms with E-state index in [1.54, 1.807) is 13.0 Å². The minimum atomic E-state index is -4.00. The van der Waals surface area contributed by atoms with E-state index in [0.29, 0.717) is 36.8 Å². The number of aromatic carboxylic acids is 1. The van der Waals surface area contributed by atoms with Crippen LogP contribution in [0.25, 0.3) is 0 Å². The molecular formula is C21H23ClN2O6S. The Morgan fingerprint density at radius 1 is 1.23 bits per heavy atom. The number of nitrogens with one attached hydrogen (secondary N) is 1. The Hall–Kier alpha value is -2.78. The second-order valence-corrected chi connectivity index (χ2v) is 9.25. The van der Waals surface area contributed by atoms with E-state index < -0.39 is 16.0 Å². The summed E-state index contributed by atoms with van der Waals surface area (Å²) in [7, 11) is -4.00. The van der Waals surface area contributed by atoms with Crippen molar-refractivity contribution in [1.82, 2.24) is 0 Å². The molecular weight excluding hydrogens is 444 g/mol. The number of piperidine rings is 1. The molecule has 1 aliphatic rings. The molecule has 2 N–H and O–H groups in total. The molecule has 31 heavy (non-hydrogen) atoms. The van der Waals surface area contributed by atoms with Gasteiger partial charge in [-0.1, -0.05) is 11.6 Å². The summed E-state index contributed by atoms with van der Waals surface area (Å²) in [6.45, 7) is 3.13. The minimum absolute atomic E-state index is 0.0365. The van der Waals surface area contributed by atoms with Crippen LogP contribution >= 0.6 is 11.6 Å². The average Bonchev–Trinajstić information content (AvgIpc) is 2.74. The molecule has 8 nitrogen and oxygen atoms in total. The summed E-state index contributed by atoms with van der Waals surface area (Å²) in [5.41, 5.74) is 0.360. The first-order valence-corrected chi connectivity index (χ1v) is 11.6. The smallest absolute Gasteiger partial charge is 0.337 e. The van der Waals surface area contributed by atoms with E-state index >= 15 is 0 Å². The Balaban J connectivity index is 1.85. The van der Waals surface area contributed by atoms with Crippen LogP contribution in [0.3, 0.4) is 0 Å². The monoisotopic (exact) mass is 466 g/mol. The second-order valence-electron chi connectivity index (χ2n) is 7.13. The van der Waals surface area contributed by atoms with Gasteiger partial charge in [-0.3, -0.25) is 9.52 Å². The van der Waals surface area contributed by atoms with E-state index in [0.717, 1.165) is 6.42 Å². The predicted octanol–water partition coefficient (Wildman–Crippen LogP) is 3.62. The van der Waals surface area contributed by atoms with Gasteiger partial charge in [-0.25, -0.2) is 13.2 Å². The zero-order chi connectivity index (χ0) is 22.6.